The fourth-order valence-electron chi connectivity index (χ4n) is 4.60. The quantitative estimate of drug-likeness (QED) is 0.215. The number of aromatic nitrogens is 1. The van der Waals surface area contributed by atoms with Gasteiger partial charge in [-0.15, -0.1) is 0 Å². The molecule has 2 aliphatic heterocycles. The molecule has 0 saturated carbocycles. The van der Waals surface area contributed by atoms with Crippen LogP contribution >= 0.6 is 11.3 Å². The summed E-state index contributed by atoms with van der Waals surface area (Å²) in [5.74, 6) is -0.334. The summed E-state index contributed by atoms with van der Waals surface area (Å²) in [5.41, 5.74) is 1.38. The molecule has 6 rings (SSSR count). The van der Waals surface area contributed by atoms with Crippen molar-refractivity contribution >= 4 is 44.1 Å². The van der Waals surface area contributed by atoms with Gasteiger partial charge in [0.25, 0.3) is 5.78 Å². The van der Waals surface area contributed by atoms with Gasteiger partial charge in [-0.2, -0.15) is 0 Å². The molecule has 3 aromatic carbocycles. The molecule has 4 aromatic rings. The molecule has 0 spiro atoms. The highest BCUT2D eigenvalue weighted by atomic mass is 32.1. The Balaban J connectivity index is 1.51. The first-order chi connectivity index (χ1) is 18.4. The predicted molar refractivity (Wildman–Crippen MR) is 141 cm³/mol. The van der Waals surface area contributed by atoms with E-state index >= 15 is 0 Å². The summed E-state index contributed by atoms with van der Waals surface area (Å²) in [4.78, 5) is 32.8. The van der Waals surface area contributed by atoms with Crippen molar-refractivity contribution in [2.75, 3.05) is 24.7 Å². The smallest absolute Gasteiger partial charge is 0.301 e. The van der Waals surface area contributed by atoms with Gasteiger partial charge in [0.1, 0.15) is 30.5 Å². The third-order valence-electron chi connectivity index (χ3n) is 6.33. The van der Waals surface area contributed by atoms with Gasteiger partial charge in [-0.3, -0.25) is 14.5 Å². The largest absolute Gasteiger partial charge is 0.508 e. The molecule has 192 valence electrons. The Kier molecular flexibility index (Phi) is 5.88. The van der Waals surface area contributed by atoms with Crippen LogP contribution < -0.4 is 19.1 Å². The number of benzene rings is 3. The Hall–Kier alpha value is -4.57. The standard InChI is InChI=1S/C28H22N2O7S/c1-2-35-18-8-9-19-22(14-18)38-28(29-19)30-24(15-3-6-17(31)7-4-15)23(26(33)27(30)34)25(32)16-5-10-20-21(13-16)37-12-11-36-20/h3-10,13-14,24,31-32H,2,11-12H2,1H3/b25-23+/t24-/m1/s1. The normalized spacial score (nSPS) is 18.2. The number of carbonyl (C=O) groups excluding carboxylic acids is 2. The average molecular weight is 531 g/mol. The second-order valence-corrected chi connectivity index (χ2v) is 9.69. The van der Waals surface area contributed by atoms with E-state index in [1.54, 1.807) is 42.5 Å². The molecule has 38 heavy (non-hydrogen) atoms. The fraction of sp³-hybridized carbons (Fsp3) is 0.179. The Morgan fingerprint density at radius 1 is 1.05 bits per heavy atom. The van der Waals surface area contributed by atoms with Crippen molar-refractivity contribution in [3.05, 3.63) is 77.4 Å². The maximum Gasteiger partial charge on any atom is 0.301 e. The number of thiazole rings is 1. The van der Waals surface area contributed by atoms with E-state index in [-0.39, 0.29) is 17.1 Å². The summed E-state index contributed by atoms with van der Waals surface area (Å²) in [6, 6.07) is 15.4. The number of hydrogen-bond donors (Lipinski definition) is 2. The Morgan fingerprint density at radius 2 is 1.82 bits per heavy atom. The molecule has 1 atom stereocenters. The number of rotatable bonds is 5. The Bertz CT molecular complexity index is 1610. The second-order valence-electron chi connectivity index (χ2n) is 8.68. The van der Waals surface area contributed by atoms with Gasteiger partial charge < -0.3 is 24.4 Å². The lowest BCUT2D eigenvalue weighted by atomic mass is 9.95. The molecule has 9 nitrogen and oxygen atoms in total. The third kappa shape index (κ3) is 3.99. The van der Waals surface area contributed by atoms with E-state index in [0.717, 1.165) is 4.70 Å². The van der Waals surface area contributed by atoms with Crippen LogP contribution in [-0.4, -0.2) is 46.7 Å². The van der Waals surface area contributed by atoms with E-state index in [1.807, 2.05) is 13.0 Å². The van der Waals surface area contributed by atoms with Crippen molar-refractivity contribution in [3.8, 4) is 23.0 Å². The number of hydrogen-bond acceptors (Lipinski definition) is 9. The summed E-state index contributed by atoms with van der Waals surface area (Å²) in [5, 5.41) is 21.6. The van der Waals surface area contributed by atoms with Gasteiger partial charge in [-0.25, -0.2) is 4.98 Å². The fourth-order valence-corrected chi connectivity index (χ4v) is 5.62. The number of aliphatic hydroxyl groups excluding tert-OH is 1. The van der Waals surface area contributed by atoms with E-state index in [4.69, 9.17) is 14.2 Å². The predicted octanol–water partition coefficient (Wildman–Crippen LogP) is 4.80. The first-order valence-electron chi connectivity index (χ1n) is 12.0. The topological polar surface area (TPSA) is 118 Å². The van der Waals surface area contributed by atoms with E-state index in [9.17, 15) is 19.8 Å². The van der Waals surface area contributed by atoms with Crippen LogP contribution in [-0.2, 0) is 9.59 Å². The number of aliphatic hydroxyl groups is 1. The summed E-state index contributed by atoms with van der Waals surface area (Å²) in [6.07, 6.45) is 0. The minimum atomic E-state index is -0.976. The molecule has 0 aliphatic carbocycles. The zero-order chi connectivity index (χ0) is 26.4. The first-order valence-corrected chi connectivity index (χ1v) is 12.8. The van der Waals surface area contributed by atoms with Crippen LogP contribution in [0.4, 0.5) is 5.13 Å². The van der Waals surface area contributed by atoms with Crippen molar-refractivity contribution in [2.45, 2.75) is 13.0 Å². The highest BCUT2D eigenvalue weighted by Crippen LogP contribution is 2.45. The Morgan fingerprint density at radius 3 is 2.58 bits per heavy atom. The number of phenolic OH excluding ortho intramolecular Hbond substituents is 1. The van der Waals surface area contributed by atoms with Crippen LogP contribution in [0.1, 0.15) is 24.1 Å². The molecule has 2 N–H and O–H groups in total. The summed E-state index contributed by atoms with van der Waals surface area (Å²) >= 11 is 1.24. The molecule has 2 aliphatic rings. The summed E-state index contributed by atoms with van der Waals surface area (Å²) < 4.78 is 17.6. The number of anilines is 1. The number of carbonyl (C=O) groups is 2. The summed E-state index contributed by atoms with van der Waals surface area (Å²) in [7, 11) is 0. The molecule has 0 bridgehead atoms. The maximum atomic E-state index is 13.5. The van der Waals surface area contributed by atoms with Crippen molar-refractivity contribution in [1.82, 2.24) is 4.98 Å². The van der Waals surface area contributed by atoms with Crippen LogP contribution in [0.5, 0.6) is 23.0 Å². The van der Waals surface area contributed by atoms with Gasteiger partial charge in [-0.05, 0) is 61.0 Å². The highest BCUT2D eigenvalue weighted by molar-refractivity contribution is 7.22. The van der Waals surface area contributed by atoms with Gasteiger partial charge in [0.05, 0.1) is 28.4 Å². The van der Waals surface area contributed by atoms with Gasteiger partial charge in [0.15, 0.2) is 16.6 Å². The van der Waals surface area contributed by atoms with Crippen molar-refractivity contribution < 1.29 is 34.0 Å². The van der Waals surface area contributed by atoms with Crippen LogP contribution in [0, 0.1) is 0 Å². The number of fused-ring (bicyclic) bond motifs is 2. The lowest BCUT2D eigenvalue weighted by molar-refractivity contribution is -0.132. The number of ketones is 1. The monoisotopic (exact) mass is 530 g/mol. The molecule has 3 heterocycles. The van der Waals surface area contributed by atoms with Gasteiger partial charge in [0, 0.05) is 5.56 Å². The van der Waals surface area contributed by atoms with E-state index in [0.29, 0.717) is 58.8 Å². The zero-order valence-corrected chi connectivity index (χ0v) is 21.0. The van der Waals surface area contributed by atoms with E-state index < -0.39 is 17.7 Å². The van der Waals surface area contributed by atoms with Crippen molar-refractivity contribution in [1.29, 1.82) is 0 Å². The minimum absolute atomic E-state index is 0.0287. The zero-order valence-electron chi connectivity index (χ0n) is 20.2. The number of ether oxygens (including phenoxy) is 3. The number of phenols is 1. The number of amides is 1. The molecule has 1 saturated heterocycles. The lowest BCUT2D eigenvalue weighted by Gasteiger charge is -2.23. The van der Waals surface area contributed by atoms with Crippen molar-refractivity contribution in [2.24, 2.45) is 0 Å². The molecule has 10 heteroatoms. The van der Waals surface area contributed by atoms with Crippen LogP contribution in [0.3, 0.4) is 0 Å². The van der Waals surface area contributed by atoms with Crippen LogP contribution in [0.25, 0.3) is 16.0 Å². The molecule has 0 radical (unpaired) electrons. The van der Waals surface area contributed by atoms with E-state index in [2.05, 4.69) is 4.98 Å². The minimum Gasteiger partial charge on any atom is -0.508 e. The molecular weight excluding hydrogens is 508 g/mol. The van der Waals surface area contributed by atoms with Gasteiger partial charge in [-0.1, -0.05) is 23.5 Å². The first kappa shape index (κ1) is 23.8. The highest BCUT2D eigenvalue weighted by Gasteiger charge is 2.48. The number of nitrogens with zero attached hydrogens (tertiary/aromatic N) is 2. The second kappa shape index (κ2) is 9.38. The molecular formula is C28H22N2O7S. The van der Waals surface area contributed by atoms with Crippen molar-refractivity contribution in [3.63, 3.8) is 0 Å². The van der Waals surface area contributed by atoms with Crippen LogP contribution in [0.15, 0.2) is 66.2 Å². The Labute approximate surface area is 221 Å². The molecule has 1 amide bonds. The SMILES string of the molecule is CCOc1ccc2nc(N3C(=O)C(=O)/C(=C(/O)c4ccc5c(c4)OCCO5)[C@H]3c3ccc(O)cc3)sc2c1. The average Bonchev–Trinajstić information content (AvgIpc) is 3.46. The molecule has 1 fully saturated rings. The summed E-state index contributed by atoms with van der Waals surface area (Å²) in [6.45, 7) is 3.17. The maximum absolute atomic E-state index is 13.5. The van der Waals surface area contributed by atoms with E-state index in [1.165, 1.54) is 28.4 Å². The molecule has 1 aromatic heterocycles. The third-order valence-corrected chi connectivity index (χ3v) is 7.35. The van der Waals surface area contributed by atoms with Gasteiger partial charge in [0.2, 0.25) is 0 Å². The number of Topliss-reactive ketones (excluding diaryl/α,β-unsaturated/α-hetero) is 1. The number of aromatic hydroxyl groups is 1. The lowest BCUT2D eigenvalue weighted by Crippen LogP contribution is -2.29. The molecule has 0 unspecified atom stereocenters. The van der Waals surface area contributed by atoms with Gasteiger partial charge >= 0.3 is 5.91 Å². The van der Waals surface area contributed by atoms with Crippen LogP contribution in [0.2, 0.25) is 0 Å².